The lowest BCUT2D eigenvalue weighted by Crippen LogP contribution is -2.19. The van der Waals surface area contributed by atoms with Gasteiger partial charge in [-0.15, -0.1) is 0 Å². The topological polar surface area (TPSA) is 34.1 Å². The van der Waals surface area contributed by atoms with E-state index in [1.54, 1.807) is 19.4 Å². The lowest BCUT2D eigenvalue weighted by atomic mass is 10.2. The van der Waals surface area contributed by atoms with Crippen LogP contribution in [0.15, 0.2) is 50.9 Å². The molecule has 0 fully saturated rings. The number of hydrogen-bond acceptors (Lipinski definition) is 4. The number of aromatic nitrogens is 1. The van der Waals surface area contributed by atoms with Crippen LogP contribution in [0.1, 0.15) is 5.56 Å². The van der Waals surface area contributed by atoms with Gasteiger partial charge >= 0.3 is 0 Å². The van der Waals surface area contributed by atoms with Gasteiger partial charge in [0.15, 0.2) is 0 Å². The molecule has 3 nitrogen and oxygen atoms in total. The Kier molecular flexibility index (Phi) is 6.63. The molecule has 6 heteroatoms. The number of hydrogen-bond donors (Lipinski definition) is 1. The molecular formula is C15H16BrFN2OS. The fraction of sp³-hybridized carbons (Fsp3) is 0.267. The van der Waals surface area contributed by atoms with Gasteiger partial charge in [-0.3, -0.25) is 0 Å². The number of halogens is 2. The Morgan fingerprint density at radius 1 is 1.33 bits per heavy atom. The van der Waals surface area contributed by atoms with Crippen LogP contribution < -0.4 is 5.32 Å². The van der Waals surface area contributed by atoms with E-state index in [1.807, 2.05) is 18.2 Å². The number of ether oxygens (including phenoxy) is 1. The van der Waals surface area contributed by atoms with Gasteiger partial charge in [0.05, 0.1) is 11.5 Å². The van der Waals surface area contributed by atoms with Crippen molar-refractivity contribution < 1.29 is 9.13 Å². The molecule has 0 saturated carbocycles. The Balaban J connectivity index is 2.11. The second-order valence-corrected chi connectivity index (χ2v) is 6.26. The molecule has 0 unspecified atom stereocenters. The molecule has 0 bridgehead atoms. The molecule has 0 amide bonds. The largest absolute Gasteiger partial charge is 0.383 e. The Morgan fingerprint density at radius 3 is 2.90 bits per heavy atom. The zero-order valence-corrected chi connectivity index (χ0v) is 14.0. The van der Waals surface area contributed by atoms with Crippen molar-refractivity contribution >= 4 is 27.7 Å². The maximum absolute atomic E-state index is 14.1. The van der Waals surface area contributed by atoms with E-state index in [1.165, 1.54) is 17.8 Å². The van der Waals surface area contributed by atoms with E-state index in [4.69, 9.17) is 4.74 Å². The quantitative estimate of drug-likeness (QED) is 0.750. The van der Waals surface area contributed by atoms with Crippen molar-refractivity contribution in [3.8, 4) is 0 Å². The molecule has 0 radical (unpaired) electrons. The minimum absolute atomic E-state index is 0.226. The number of methoxy groups -OCH3 is 1. The van der Waals surface area contributed by atoms with Crippen LogP contribution in [0.25, 0.3) is 0 Å². The monoisotopic (exact) mass is 370 g/mol. The van der Waals surface area contributed by atoms with E-state index < -0.39 is 0 Å². The summed E-state index contributed by atoms with van der Waals surface area (Å²) in [7, 11) is 1.66. The lowest BCUT2D eigenvalue weighted by Gasteiger charge is -2.11. The second-order valence-electron chi connectivity index (χ2n) is 4.31. The highest BCUT2D eigenvalue weighted by atomic mass is 79.9. The van der Waals surface area contributed by atoms with Gasteiger partial charge in [0.25, 0.3) is 0 Å². The predicted molar refractivity (Wildman–Crippen MR) is 86.0 cm³/mol. The summed E-state index contributed by atoms with van der Waals surface area (Å²) in [5.41, 5.74) is 0.917. The normalized spacial score (nSPS) is 10.8. The summed E-state index contributed by atoms with van der Waals surface area (Å²) in [6, 6.07) is 8.88. The Labute approximate surface area is 136 Å². The summed E-state index contributed by atoms with van der Waals surface area (Å²) in [4.78, 5) is 4.88. The van der Waals surface area contributed by atoms with Gasteiger partial charge in [0, 0.05) is 30.9 Å². The molecule has 1 aromatic heterocycles. The highest BCUT2D eigenvalue weighted by molar-refractivity contribution is 9.10. The number of benzene rings is 1. The molecule has 0 atom stereocenters. The van der Waals surface area contributed by atoms with Crippen LogP contribution in [-0.4, -0.2) is 25.2 Å². The molecule has 0 spiro atoms. The molecule has 0 aliphatic carbocycles. The molecule has 0 aliphatic heterocycles. The molecule has 21 heavy (non-hydrogen) atoms. The van der Waals surface area contributed by atoms with Gasteiger partial charge in [0.1, 0.15) is 10.8 Å². The summed E-state index contributed by atoms with van der Waals surface area (Å²) in [6.45, 7) is 1.96. The van der Waals surface area contributed by atoms with Crippen molar-refractivity contribution in [2.75, 3.05) is 20.3 Å². The van der Waals surface area contributed by atoms with E-state index in [2.05, 4.69) is 26.2 Å². The highest BCUT2D eigenvalue weighted by Gasteiger charge is 2.10. The molecular weight excluding hydrogens is 355 g/mol. The smallest absolute Gasteiger partial charge is 0.137 e. The summed E-state index contributed by atoms with van der Waals surface area (Å²) >= 11 is 4.68. The van der Waals surface area contributed by atoms with Crippen LogP contribution in [0.4, 0.5) is 4.39 Å². The van der Waals surface area contributed by atoms with Crippen molar-refractivity contribution in [3.63, 3.8) is 0 Å². The molecule has 1 heterocycles. The van der Waals surface area contributed by atoms with Gasteiger partial charge in [-0.25, -0.2) is 9.37 Å². The van der Waals surface area contributed by atoms with E-state index in [9.17, 15) is 4.39 Å². The van der Waals surface area contributed by atoms with Gasteiger partial charge in [-0.1, -0.05) is 23.9 Å². The third-order valence-corrected chi connectivity index (χ3v) is 4.33. The summed E-state index contributed by atoms with van der Waals surface area (Å²) in [5.74, 6) is -0.226. The number of pyridine rings is 1. The van der Waals surface area contributed by atoms with Crippen molar-refractivity contribution in [2.45, 2.75) is 16.5 Å². The van der Waals surface area contributed by atoms with Crippen LogP contribution in [0.2, 0.25) is 0 Å². The molecule has 2 aromatic rings. The average molecular weight is 371 g/mol. The van der Waals surface area contributed by atoms with Crippen LogP contribution in [0, 0.1) is 5.82 Å². The maximum atomic E-state index is 14.1. The Hall–Kier alpha value is -0.950. The molecule has 1 N–H and O–H groups in total. The number of rotatable bonds is 7. The van der Waals surface area contributed by atoms with Crippen molar-refractivity contribution in [1.82, 2.24) is 10.3 Å². The summed E-state index contributed by atoms with van der Waals surface area (Å²) < 4.78 is 20.0. The van der Waals surface area contributed by atoms with E-state index >= 15 is 0 Å². The van der Waals surface area contributed by atoms with Gasteiger partial charge in [-0.05, 0) is 39.7 Å². The van der Waals surface area contributed by atoms with E-state index in [0.29, 0.717) is 18.0 Å². The molecule has 0 saturated heterocycles. The molecule has 0 aliphatic rings. The zero-order valence-electron chi connectivity index (χ0n) is 11.6. The van der Waals surface area contributed by atoms with Crippen molar-refractivity contribution in [1.29, 1.82) is 0 Å². The number of nitrogens with one attached hydrogen (secondary N) is 1. The first-order valence-corrected chi connectivity index (χ1v) is 8.08. The summed E-state index contributed by atoms with van der Waals surface area (Å²) in [6.07, 6.45) is 1.71. The standard InChI is InChI=1S/C15H16BrFN2OS/c1-20-8-7-18-9-11-3-2-4-13(17)15(11)21-14-6-5-12(16)10-19-14/h2-6,10,18H,7-9H2,1H3. The van der Waals surface area contributed by atoms with Crippen LogP contribution in [-0.2, 0) is 11.3 Å². The third kappa shape index (κ3) is 5.07. The zero-order chi connectivity index (χ0) is 15.1. The fourth-order valence-electron chi connectivity index (χ4n) is 1.73. The van der Waals surface area contributed by atoms with Crippen LogP contribution in [0.5, 0.6) is 0 Å². The minimum atomic E-state index is -0.226. The first-order chi connectivity index (χ1) is 10.2. The first-order valence-electron chi connectivity index (χ1n) is 6.47. The third-order valence-electron chi connectivity index (χ3n) is 2.75. The lowest BCUT2D eigenvalue weighted by molar-refractivity contribution is 0.199. The predicted octanol–water partition coefficient (Wildman–Crippen LogP) is 3.87. The fourth-order valence-corrected chi connectivity index (χ4v) is 2.85. The van der Waals surface area contributed by atoms with Gasteiger partial charge in [-0.2, -0.15) is 0 Å². The highest BCUT2D eigenvalue weighted by Crippen LogP contribution is 2.32. The number of nitrogens with zero attached hydrogens (tertiary/aromatic N) is 1. The van der Waals surface area contributed by atoms with Gasteiger partial charge < -0.3 is 10.1 Å². The van der Waals surface area contributed by atoms with Gasteiger partial charge in [0.2, 0.25) is 0 Å². The maximum Gasteiger partial charge on any atom is 0.137 e. The Morgan fingerprint density at radius 2 is 2.19 bits per heavy atom. The second kappa shape index (κ2) is 8.48. The minimum Gasteiger partial charge on any atom is -0.383 e. The van der Waals surface area contributed by atoms with Crippen molar-refractivity contribution in [2.24, 2.45) is 0 Å². The van der Waals surface area contributed by atoms with E-state index in [-0.39, 0.29) is 5.82 Å². The molecule has 2 rings (SSSR count). The summed E-state index contributed by atoms with van der Waals surface area (Å²) in [5, 5.41) is 4.00. The Bertz CT molecular complexity index is 580. The SMILES string of the molecule is COCCNCc1cccc(F)c1Sc1ccc(Br)cn1. The van der Waals surface area contributed by atoms with Crippen LogP contribution in [0.3, 0.4) is 0 Å². The average Bonchev–Trinajstić information content (AvgIpc) is 2.49. The van der Waals surface area contributed by atoms with Crippen molar-refractivity contribution in [3.05, 3.63) is 52.4 Å². The molecule has 112 valence electrons. The van der Waals surface area contributed by atoms with E-state index in [0.717, 1.165) is 21.6 Å². The molecule has 1 aromatic carbocycles. The van der Waals surface area contributed by atoms with Crippen LogP contribution >= 0.6 is 27.7 Å². The first kappa shape index (κ1) is 16.4.